The van der Waals surface area contributed by atoms with Crippen molar-refractivity contribution in [3.05, 3.63) is 47.5 Å². The summed E-state index contributed by atoms with van der Waals surface area (Å²) in [5, 5.41) is 0. The van der Waals surface area contributed by atoms with Gasteiger partial charge >= 0.3 is 0 Å². The predicted molar refractivity (Wildman–Crippen MR) is 129 cm³/mol. The van der Waals surface area contributed by atoms with E-state index in [0.29, 0.717) is 41.7 Å². The Balaban J connectivity index is 1.82. The molecule has 3 aliphatic carbocycles. The molecule has 0 amide bonds. The molecular weight excluding hydrogens is 386 g/mol. The van der Waals surface area contributed by atoms with Gasteiger partial charge in [0.1, 0.15) is 0 Å². The Morgan fingerprint density at radius 3 is 2.17 bits per heavy atom. The van der Waals surface area contributed by atoms with Crippen LogP contribution in [0.15, 0.2) is 42.0 Å². The molecule has 3 aliphatic rings. The molecule has 2 bridgehead atoms. The molecule has 4 heteroatoms. The van der Waals surface area contributed by atoms with Gasteiger partial charge < -0.3 is 14.9 Å². The molecule has 0 heterocycles. The lowest BCUT2D eigenvalue weighted by Crippen LogP contribution is -2.67. The predicted octanol–water partition coefficient (Wildman–Crippen LogP) is 6.45. The lowest BCUT2D eigenvalue weighted by atomic mass is 9.61. The molecule has 0 spiro atoms. The summed E-state index contributed by atoms with van der Waals surface area (Å²) in [7, 11) is -2.03. The number of ether oxygens (including phenoxy) is 1. The summed E-state index contributed by atoms with van der Waals surface area (Å²) >= 11 is 0. The van der Waals surface area contributed by atoms with Crippen LogP contribution in [0.5, 0.6) is 0 Å². The van der Waals surface area contributed by atoms with E-state index < -0.39 is 8.32 Å². The van der Waals surface area contributed by atoms with Crippen molar-refractivity contribution >= 4 is 8.32 Å². The summed E-state index contributed by atoms with van der Waals surface area (Å²) in [6, 6.07) is 10.4. The second-order valence-corrected chi connectivity index (χ2v) is 16.0. The van der Waals surface area contributed by atoms with Crippen LogP contribution in [0.25, 0.3) is 0 Å². The first-order valence-corrected chi connectivity index (χ1v) is 14.0. The number of fused-ring (bicyclic) bond motifs is 2. The van der Waals surface area contributed by atoms with Gasteiger partial charge in [0.15, 0.2) is 0 Å². The molecule has 4 rings (SSSR count). The topological polar surface area (TPSA) is 44.5 Å². The molecule has 1 aromatic carbocycles. The third-order valence-corrected chi connectivity index (χ3v) is 14.1. The van der Waals surface area contributed by atoms with E-state index in [9.17, 15) is 0 Å². The fourth-order valence-corrected chi connectivity index (χ4v) is 12.2. The first kappa shape index (κ1) is 23.7. The number of hydrogen-bond donors (Lipinski definition) is 1. The number of nitrogens with two attached hydrogens (primary N) is 1. The van der Waals surface area contributed by atoms with Gasteiger partial charge in [-0.25, -0.2) is 0 Å². The maximum Gasteiger partial charge on any atom is 0.201 e. The average Bonchev–Trinajstić information content (AvgIpc) is 2.69. The average molecular weight is 430 g/mol. The molecule has 0 saturated heterocycles. The number of rotatable bonds is 9. The Hall–Kier alpha value is -0.943. The van der Waals surface area contributed by atoms with Crippen LogP contribution in [0, 0.1) is 11.8 Å². The van der Waals surface area contributed by atoms with Crippen molar-refractivity contribution in [1.29, 1.82) is 0 Å². The van der Waals surface area contributed by atoms with Gasteiger partial charge in [0.2, 0.25) is 8.32 Å². The summed E-state index contributed by atoms with van der Waals surface area (Å²) in [6.07, 6.45) is 4.62. The van der Waals surface area contributed by atoms with Crippen LogP contribution in [-0.2, 0) is 15.8 Å². The van der Waals surface area contributed by atoms with Crippen molar-refractivity contribution in [2.24, 2.45) is 17.6 Å². The number of benzene rings is 1. The summed E-state index contributed by atoms with van der Waals surface area (Å²) in [6.45, 7) is 17.8. The molecule has 1 saturated carbocycles. The van der Waals surface area contributed by atoms with Crippen LogP contribution in [0.4, 0.5) is 0 Å². The molecular formula is C26H43NO2Si. The van der Waals surface area contributed by atoms with Gasteiger partial charge in [-0.1, -0.05) is 83.5 Å². The first-order valence-electron chi connectivity index (χ1n) is 11.9. The van der Waals surface area contributed by atoms with E-state index in [-0.39, 0.29) is 11.6 Å². The molecule has 2 N–H and O–H groups in total. The van der Waals surface area contributed by atoms with Crippen LogP contribution in [-0.4, -0.2) is 26.6 Å². The first-order chi connectivity index (χ1) is 14.1. The fraction of sp³-hybridized carbons (Fsp3) is 0.692. The maximum absolute atomic E-state index is 7.40. The molecule has 3 nitrogen and oxygen atoms in total. The molecule has 0 aromatic heterocycles. The van der Waals surface area contributed by atoms with E-state index in [1.54, 1.807) is 0 Å². The van der Waals surface area contributed by atoms with E-state index in [1.165, 1.54) is 11.1 Å². The monoisotopic (exact) mass is 429 g/mol. The van der Waals surface area contributed by atoms with Gasteiger partial charge in [-0.05, 0) is 47.9 Å². The Labute approximate surface area is 185 Å². The van der Waals surface area contributed by atoms with Crippen LogP contribution in [0.3, 0.4) is 0 Å². The molecule has 0 unspecified atom stereocenters. The van der Waals surface area contributed by atoms with Crippen LogP contribution in [0.2, 0.25) is 16.6 Å². The second-order valence-electron chi connectivity index (χ2n) is 10.6. The van der Waals surface area contributed by atoms with Gasteiger partial charge in [0, 0.05) is 12.0 Å². The summed E-state index contributed by atoms with van der Waals surface area (Å²) in [5.41, 5.74) is 11.0. The molecule has 0 aliphatic heterocycles. The van der Waals surface area contributed by atoms with Crippen molar-refractivity contribution in [3.63, 3.8) is 0 Å². The minimum Gasteiger partial charge on any atom is -0.406 e. The van der Waals surface area contributed by atoms with Crippen molar-refractivity contribution in [3.8, 4) is 0 Å². The Morgan fingerprint density at radius 1 is 1.03 bits per heavy atom. The van der Waals surface area contributed by atoms with Gasteiger partial charge in [0.25, 0.3) is 0 Å². The fourth-order valence-electron chi connectivity index (χ4n) is 6.54. The quantitative estimate of drug-likeness (QED) is 0.362. The van der Waals surface area contributed by atoms with Gasteiger partial charge in [-0.2, -0.15) is 0 Å². The highest BCUT2D eigenvalue weighted by atomic mass is 28.4. The van der Waals surface area contributed by atoms with Gasteiger partial charge in [-0.15, -0.1) is 0 Å². The summed E-state index contributed by atoms with van der Waals surface area (Å²) in [5.74, 6) is 0.847. The van der Waals surface area contributed by atoms with Gasteiger partial charge in [0.05, 0.1) is 18.8 Å². The standard InChI is InChI=1S/C26H43NO2Si/c1-18(2)30(19(3)4,20(5)6)29-26-14-13-23(21(7)15-26)24(25(26)27)17-28-16-22-11-9-8-10-12-22/h8-12,15,18-20,23-25H,13-14,16-17,27H2,1-7H3/t23-,24-,25+,26-/m0/s1. The van der Waals surface area contributed by atoms with Crippen molar-refractivity contribution < 1.29 is 9.16 Å². The van der Waals surface area contributed by atoms with Gasteiger partial charge in [-0.3, -0.25) is 0 Å². The van der Waals surface area contributed by atoms with Crippen molar-refractivity contribution in [1.82, 2.24) is 0 Å². The molecule has 168 valence electrons. The van der Waals surface area contributed by atoms with Crippen molar-refractivity contribution in [2.75, 3.05) is 6.61 Å². The lowest BCUT2D eigenvalue weighted by molar-refractivity contribution is -0.0489. The maximum atomic E-state index is 7.40. The zero-order chi connectivity index (χ0) is 22.1. The highest BCUT2D eigenvalue weighted by molar-refractivity contribution is 6.77. The molecule has 30 heavy (non-hydrogen) atoms. The van der Waals surface area contributed by atoms with Crippen molar-refractivity contribution in [2.45, 2.75) is 96.2 Å². The zero-order valence-electron chi connectivity index (χ0n) is 20.2. The van der Waals surface area contributed by atoms with E-state index in [4.69, 9.17) is 14.9 Å². The zero-order valence-corrected chi connectivity index (χ0v) is 21.2. The molecule has 4 atom stereocenters. The lowest BCUT2D eigenvalue weighted by Gasteiger charge is -2.58. The van der Waals surface area contributed by atoms with Crippen LogP contribution in [0.1, 0.15) is 66.9 Å². The second kappa shape index (κ2) is 9.28. The Kier molecular flexibility index (Phi) is 7.33. The number of hydrogen-bond acceptors (Lipinski definition) is 3. The Morgan fingerprint density at radius 2 is 1.63 bits per heavy atom. The third-order valence-electron chi connectivity index (χ3n) is 7.94. The largest absolute Gasteiger partial charge is 0.406 e. The van der Waals surface area contributed by atoms with Crippen LogP contribution >= 0.6 is 0 Å². The SMILES string of the molecule is CC1=C[C@@]2(O[Si](C(C)C)(C(C)C)C(C)C)CC[C@@H]1[C@H](COCc1ccccc1)[C@H]2N. The highest BCUT2D eigenvalue weighted by Gasteiger charge is 2.57. The normalized spacial score (nSPS) is 29.2. The molecule has 0 radical (unpaired) electrons. The number of allylic oxidation sites excluding steroid dienone is 1. The third kappa shape index (κ3) is 4.21. The van der Waals surface area contributed by atoms with Crippen LogP contribution < -0.4 is 5.73 Å². The molecule has 1 aromatic rings. The summed E-state index contributed by atoms with van der Waals surface area (Å²) in [4.78, 5) is 0. The molecule has 1 fully saturated rings. The minimum atomic E-state index is -2.03. The van der Waals surface area contributed by atoms with E-state index >= 15 is 0 Å². The Bertz CT molecular complexity index is 708. The van der Waals surface area contributed by atoms with E-state index in [1.807, 2.05) is 6.07 Å². The van der Waals surface area contributed by atoms with E-state index in [0.717, 1.165) is 12.8 Å². The smallest absolute Gasteiger partial charge is 0.201 e. The minimum absolute atomic E-state index is 0.00107. The van der Waals surface area contributed by atoms with E-state index in [2.05, 4.69) is 78.8 Å². The summed E-state index contributed by atoms with van der Waals surface area (Å²) < 4.78 is 13.6. The highest BCUT2D eigenvalue weighted by Crippen LogP contribution is 2.53.